The number of carbonyl (C=O) groups excluding carboxylic acids is 1. The second-order valence-electron chi connectivity index (χ2n) is 3.89. The zero-order valence-corrected chi connectivity index (χ0v) is 10.6. The third-order valence-electron chi connectivity index (χ3n) is 2.39. The highest BCUT2D eigenvalue weighted by molar-refractivity contribution is 5.77. The van der Waals surface area contributed by atoms with Crippen molar-refractivity contribution < 1.29 is 9.53 Å². The molecule has 0 aliphatic carbocycles. The summed E-state index contributed by atoms with van der Waals surface area (Å²) in [5.74, 6) is 0.509. The zero-order chi connectivity index (χ0) is 13.5. The number of nitrogens with one attached hydrogen (secondary N) is 1. The van der Waals surface area contributed by atoms with Crippen LogP contribution in [0.4, 0.5) is 0 Å². The van der Waals surface area contributed by atoms with E-state index in [0.717, 1.165) is 12.1 Å². The van der Waals surface area contributed by atoms with Crippen molar-refractivity contribution in [3.8, 4) is 11.4 Å². The van der Waals surface area contributed by atoms with E-state index in [2.05, 4.69) is 20.8 Å². The molecule has 0 saturated heterocycles. The minimum atomic E-state index is -0.119. The van der Waals surface area contributed by atoms with Crippen LogP contribution < -0.4 is 10.1 Å². The summed E-state index contributed by atoms with van der Waals surface area (Å²) in [5, 5.41) is 13.6. The van der Waals surface area contributed by atoms with Gasteiger partial charge in [0, 0.05) is 6.54 Å². The lowest BCUT2D eigenvalue weighted by Crippen LogP contribution is -2.29. The Morgan fingerprint density at radius 2 is 2.16 bits per heavy atom. The summed E-state index contributed by atoms with van der Waals surface area (Å²) in [5.41, 5.74) is 0.827. The molecule has 2 rings (SSSR count). The maximum atomic E-state index is 11.4. The minimum Gasteiger partial charge on any atom is -0.484 e. The van der Waals surface area contributed by atoms with Crippen molar-refractivity contribution in [1.82, 2.24) is 25.5 Å². The third-order valence-corrected chi connectivity index (χ3v) is 2.39. The predicted molar refractivity (Wildman–Crippen MR) is 67.9 cm³/mol. The summed E-state index contributed by atoms with van der Waals surface area (Å²) < 4.78 is 6.90. The highest BCUT2D eigenvalue weighted by Crippen LogP contribution is 2.13. The van der Waals surface area contributed by atoms with Crippen LogP contribution in [0.1, 0.15) is 13.3 Å². The Balaban J connectivity index is 1.87. The first-order valence-electron chi connectivity index (χ1n) is 6.02. The highest BCUT2D eigenvalue weighted by atomic mass is 16.5. The number of ether oxygens (including phenoxy) is 1. The van der Waals surface area contributed by atoms with E-state index in [1.807, 2.05) is 19.1 Å². The lowest BCUT2D eigenvalue weighted by atomic mass is 10.3. The van der Waals surface area contributed by atoms with Crippen LogP contribution in [-0.2, 0) is 4.79 Å². The van der Waals surface area contributed by atoms with E-state index in [-0.39, 0.29) is 12.5 Å². The van der Waals surface area contributed by atoms with Crippen LogP contribution in [-0.4, -0.2) is 39.3 Å². The molecule has 0 fully saturated rings. The molecule has 2 aromatic rings. The molecule has 1 amide bonds. The number of hydrogen-bond acceptors (Lipinski definition) is 5. The Morgan fingerprint density at radius 1 is 1.37 bits per heavy atom. The van der Waals surface area contributed by atoms with Crippen molar-refractivity contribution in [1.29, 1.82) is 0 Å². The average molecular weight is 261 g/mol. The van der Waals surface area contributed by atoms with E-state index < -0.39 is 0 Å². The zero-order valence-electron chi connectivity index (χ0n) is 10.6. The minimum absolute atomic E-state index is 0.0181. The van der Waals surface area contributed by atoms with Gasteiger partial charge in [-0.3, -0.25) is 4.79 Å². The number of carbonyl (C=O) groups is 1. The fourth-order valence-electron chi connectivity index (χ4n) is 1.44. The summed E-state index contributed by atoms with van der Waals surface area (Å²) in [6.45, 7) is 2.68. The molecule has 0 unspecified atom stereocenters. The van der Waals surface area contributed by atoms with Crippen LogP contribution in [0.5, 0.6) is 5.75 Å². The number of benzene rings is 1. The van der Waals surface area contributed by atoms with E-state index in [0.29, 0.717) is 12.3 Å². The number of rotatable bonds is 6. The lowest BCUT2D eigenvalue weighted by molar-refractivity contribution is -0.123. The largest absolute Gasteiger partial charge is 0.484 e. The Kier molecular flexibility index (Phi) is 4.44. The van der Waals surface area contributed by atoms with Crippen molar-refractivity contribution in [3.63, 3.8) is 0 Å². The van der Waals surface area contributed by atoms with Crippen LogP contribution in [0.3, 0.4) is 0 Å². The molecule has 1 aromatic heterocycles. The maximum Gasteiger partial charge on any atom is 0.257 e. The van der Waals surface area contributed by atoms with Crippen LogP contribution in [0.25, 0.3) is 5.69 Å². The van der Waals surface area contributed by atoms with E-state index in [4.69, 9.17) is 4.74 Å². The molecule has 0 atom stereocenters. The van der Waals surface area contributed by atoms with Gasteiger partial charge in [-0.05, 0) is 41.1 Å². The van der Waals surface area contributed by atoms with Gasteiger partial charge in [-0.1, -0.05) is 6.92 Å². The van der Waals surface area contributed by atoms with Crippen LogP contribution in [0, 0.1) is 0 Å². The molecule has 0 bridgehead atoms. The van der Waals surface area contributed by atoms with Crippen molar-refractivity contribution in [3.05, 3.63) is 30.6 Å². The van der Waals surface area contributed by atoms with Crippen molar-refractivity contribution in [2.75, 3.05) is 13.2 Å². The Labute approximate surface area is 110 Å². The summed E-state index contributed by atoms with van der Waals surface area (Å²) in [7, 11) is 0. The Hall–Kier alpha value is -2.44. The number of aromatic nitrogens is 4. The Bertz CT molecular complexity index is 509. The smallest absolute Gasteiger partial charge is 0.257 e. The van der Waals surface area contributed by atoms with Crippen LogP contribution >= 0.6 is 0 Å². The van der Waals surface area contributed by atoms with Gasteiger partial charge in [0.25, 0.3) is 5.91 Å². The predicted octanol–water partition coefficient (Wildman–Crippen LogP) is 0.567. The van der Waals surface area contributed by atoms with E-state index in [1.165, 1.54) is 11.0 Å². The molecule has 7 heteroatoms. The molecule has 1 heterocycles. The van der Waals surface area contributed by atoms with Crippen LogP contribution in [0.2, 0.25) is 0 Å². The van der Waals surface area contributed by atoms with Crippen molar-refractivity contribution in [2.45, 2.75) is 13.3 Å². The molecule has 1 aromatic carbocycles. The molecule has 0 aliphatic heterocycles. The molecule has 0 aliphatic rings. The highest BCUT2D eigenvalue weighted by Gasteiger charge is 2.02. The van der Waals surface area contributed by atoms with Gasteiger partial charge in [-0.25, -0.2) is 4.68 Å². The summed E-state index contributed by atoms with van der Waals surface area (Å²) in [4.78, 5) is 11.4. The van der Waals surface area contributed by atoms with Gasteiger partial charge in [0.1, 0.15) is 12.1 Å². The van der Waals surface area contributed by atoms with Crippen molar-refractivity contribution >= 4 is 5.91 Å². The van der Waals surface area contributed by atoms with Gasteiger partial charge < -0.3 is 10.1 Å². The van der Waals surface area contributed by atoms with E-state index in [1.54, 1.807) is 12.1 Å². The molecule has 7 nitrogen and oxygen atoms in total. The van der Waals surface area contributed by atoms with Gasteiger partial charge in [0.2, 0.25) is 0 Å². The van der Waals surface area contributed by atoms with Crippen LogP contribution in [0.15, 0.2) is 30.6 Å². The quantitative estimate of drug-likeness (QED) is 0.822. The second kappa shape index (κ2) is 6.48. The van der Waals surface area contributed by atoms with Gasteiger partial charge in [0.05, 0.1) is 5.69 Å². The SMILES string of the molecule is CCCNC(=O)COc1ccc(-n2cnnn2)cc1. The molecule has 0 saturated carbocycles. The molecular weight excluding hydrogens is 246 g/mol. The number of nitrogens with zero attached hydrogens (tertiary/aromatic N) is 4. The van der Waals surface area contributed by atoms with E-state index in [9.17, 15) is 4.79 Å². The second-order valence-corrected chi connectivity index (χ2v) is 3.89. The molecule has 100 valence electrons. The van der Waals surface area contributed by atoms with Gasteiger partial charge in [-0.2, -0.15) is 0 Å². The standard InChI is InChI=1S/C12H15N5O2/c1-2-7-13-12(18)8-19-11-5-3-10(4-6-11)17-9-14-15-16-17/h3-6,9H,2,7-8H2,1H3,(H,13,18). The normalized spacial score (nSPS) is 10.2. The average Bonchev–Trinajstić information content (AvgIpc) is 2.97. The fraction of sp³-hybridized carbons (Fsp3) is 0.333. The first-order chi connectivity index (χ1) is 9.29. The van der Waals surface area contributed by atoms with Crippen molar-refractivity contribution in [2.24, 2.45) is 0 Å². The first kappa shape index (κ1) is 13.0. The molecule has 0 spiro atoms. The molecule has 0 radical (unpaired) electrons. The number of amides is 1. The lowest BCUT2D eigenvalue weighted by Gasteiger charge is -2.07. The molecule has 1 N–H and O–H groups in total. The number of hydrogen-bond donors (Lipinski definition) is 1. The van der Waals surface area contributed by atoms with Gasteiger partial charge in [0.15, 0.2) is 6.61 Å². The first-order valence-corrected chi connectivity index (χ1v) is 6.02. The molecule has 19 heavy (non-hydrogen) atoms. The van der Waals surface area contributed by atoms with Gasteiger partial charge in [-0.15, -0.1) is 5.10 Å². The summed E-state index contributed by atoms with van der Waals surface area (Å²) >= 11 is 0. The topological polar surface area (TPSA) is 81.9 Å². The van der Waals surface area contributed by atoms with E-state index >= 15 is 0 Å². The Morgan fingerprint density at radius 3 is 2.79 bits per heavy atom. The monoisotopic (exact) mass is 261 g/mol. The third kappa shape index (κ3) is 3.77. The number of tetrazole rings is 1. The van der Waals surface area contributed by atoms with Gasteiger partial charge >= 0.3 is 0 Å². The maximum absolute atomic E-state index is 11.4. The summed E-state index contributed by atoms with van der Waals surface area (Å²) in [6, 6.07) is 7.17. The summed E-state index contributed by atoms with van der Waals surface area (Å²) in [6.07, 6.45) is 2.42. The fourth-order valence-corrected chi connectivity index (χ4v) is 1.44. The molecular formula is C12H15N5O2.